The number of cyclic esters (lactones) is 1. The third-order valence-corrected chi connectivity index (χ3v) is 13.0. The molecule has 1 unspecified atom stereocenters. The number of hydrogen-bond donors (Lipinski definition) is 3. The van der Waals surface area contributed by atoms with Crippen LogP contribution in [0, 0.1) is 11.8 Å². The number of hydrogen-bond acceptors (Lipinski definition) is 9. The Morgan fingerprint density at radius 1 is 1.04 bits per heavy atom. The highest BCUT2D eigenvalue weighted by Gasteiger charge is 2.62. The van der Waals surface area contributed by atoms with E-state index in [4.69, 9.17) is 9.47 Å². The van der Waals surface area contributed by atoms with Crippen LogP contribution in [0.3, 0.4) is 0 Å². The number of ether oxygens (including phenoxy) is 2. The van der Waals surface area contributed by atoms with E-state index in [1.807, 2.05) is 12.1 Å². The van der Waals surface area contributed by atoms with Gasteiger partial charge in [0.15, 0.2) is 0 Å². The first-order valence-corrected chi connectivity index (χ1v) is 19.9. The summed E-state index contributed by atoms with van der Waals surface area (Å²) in [4.78, 5) is 61.4. The van der Waals surface area contributed by atoms with Gasteiger partial charge in [-0.2, -0.15) is 0 Å². The molecule has 3 N–H and O–H groups in total. The van der Waals surface area contributed by atoms with Gasteiger partial charge < -0.3 is 25.0 Å². The van der Waals surface area contributed by atoms with Crippen molar-refractivity contribution < 1.29 is 37.1 Å². The van der Waals surface area contributed by atoms with Crippen molar-refractivity contribution in [1.82, 2.24) is 25.2 Å². The van der Waals surface area contributed by atoms with Crippen molar-refractivity contribution in [2.45, 2.75) is 112 Å². The zero-order chi connectivity index (χ0) is 35.8. The molecule has 3 heterocycles. The van der Waals surface area contributed by atoms with Gasteiger partial charge >= 0.3 is 6.09 Å². The van der Waals surface area contributed by atoms with E-state index >= 15 is 0 Å². The van der Waals surface area contributed by atoms with E-state index in [1.165, 1.54) is 11.0 Å². The summed E-state index contributed by atoms with van der Waals surface area (Å²) in [6, 6.07) is 6.14. The monoisotopic (exact) mass is 721 g/mol. The Kier molecular flexibility index (Phi) is 9.97. The van der Waals surface area contributed by atoms with Crippen molar-refractivity contribution in [2.24, 2.45) is 11.8 Å². The Hall–Kier alpha value is -4.20. The molecule has 4 fully saturated rings. The normalized spacial score (nSPS) is 29.2. The van der Waals surface area contributed by atoms with Gasteiger partial charge in [-0.3, -0.25) is 19.1 Å². The molecular weight excluding hydrogens is 675 g/mol. The highest BCUT2D eigenvalue weighted by molar-refractivity contribution is 7.91. The van der Waals surface area contributed by atoms with Gasteiger partial charge in [-0.1, -0.05) is 43.9 Å². The van der Waals surface area contributed by atoms with Crippen molar-refractivity contribution in [3.05, 3.63) is 48.7 Å². The summed E-state index contributed by atoms with van der Waals surface area (Å²) in [6.07, 6.45) is 10.8. The molecule has 13 nitrogen and oxygen atoms in total. The topological polar surface area (TPSA) is 173 Å². The number of nitrogens with zero attached hydrogens (tertiary/aromatic N) is 2. The number of fused-ring (bicyclic) bond motifs is 3. The molecule has 1 saturated heterocycles. The first kappa shape index (κ1) is 35.2. The third kappa shape index (κ3) is 7.56. The molecule has 7 rings (SSSR count). The molecule has 0 spiro atoms. The molecule has 1 aromatic carbocycles. The number of aromatic nitrogens is 1. The minimum atomic E-state index is -3.87. The molecule has 2 aromatic rings. The van der Waals surface area contributed by atoms with Gasteiger partial charge in [-0.15, -0.1) is 6.58 Å². The fraction of sp³-hybridized carbons (Fsp3) is 0.595. The van der Waals surface area contributed by atoms with Gasteiger partial charge in [0.2, 0.25) is 27.7 Å². The highest BCUT2D eigenvalue weighted by Crippen LogP contribution is 2.45. The van der Waals surface area contributed by atoms with Gasteiger partial charge in [-0.05, 0) is 80.4 Å². The molecule has 4 bridgehead atoms. The van der Waals surface area contributed by atoms with E-state index in [1.54, 1.807) is 6.20 Å². The van der Waals surface area contributed by atoms with Crippen LogP contribution in [0.2, 0.25) is 0 Å². The third-order valence-electron chi connectivity index (χ3n) is 11.2. The summed E-state index contributed by atoms with van der Waals surface area (Å²) in [5, 5.41) is 6.84. The van der Waals surface area contributed by atoms with Crippen LogP contribution in [-0.2, 0) is 35.6 Å². The maximum Gasteiger partial charge on any atom is 0.407 e. The van der Waals surface area contributed by atoms with Crippen molar-refractivity contribution in [1.29, 1.82) is 0 Å². The van der Waals surface area contributed by atoms with Crippen molar-refractivity contribution in [3.8, 4) is 5.88 Å². The molecule has 0 radical (unpaired) electrons. The summed E-state index contributed by atoms with van der Waals surface area (Å²) in [6.45, 7) is 4.06. The van der Waals surface area contributed by atoms with E-state index in [-0.39, 0.29) is 31.9 Å². The zero-order valence-corrected chi connectivity index (χ0v) is 29.6. The Morgan fingerprint density at radius 3 is 2.57 bits per heavy atom. The first-order chi connectivity index (χ1) is 24.6. The largest absolute Gasteiger partial charge is 0.472 e. The lowest BCUT2D eigenvalue weighted by Gasteiger charge is -2.32. The van der Waals surface area contributed by atoms with Crippen LogP contribution in [0.25, 0.3) is 10.8 Å². The van der Waals surface area contributed by atoms with Gasteiger partial charge in [0.25, 0.3) is 5.91 Å². The van der Waals surface area contributed by atoms with Gasteiger partial charge in [0.1, 0.15) is 23.7 Å². The Labute approximate surface area is 298 Å². The average molecular weight is 722 g/mol. The minimum Gasteiger partial charge on any atom is -0.472 e. The molecular formula is C37H47N5O8S. The lowest BCUT2D eigenvalue weighted by molar-refractivity contribution is -0.142. The summed E-state index contributed by atoms with van der Waals surface area (Å²) in [5.41, 5.74) is -0.373. The first-order valence-electron chi connectivity index (χ1n) is 18.4. The number of carbonyl (C=O) groups excluding carboxylic acids is 4. The maximum absolute atomic E-state index is 14.6. The molecule has 3 aliphatic carbocycles. The summed E-state index contributed by atoms with van der Waals surface area (Å²) in [7, 11) is -3.87. The van der Waals surface area contributed by atoms with Crippen LogP contribution in [0.1, 0.15) is 82.6 Å². The van der Waals surface area contributed by atoms with E-state index in [0.29, 0.717) is 25.1 Å². The van der Waals surface area contributed by atoms with Crippen molar-refractivity contribution in [3.63, 3.8) is 0 Å². The smallest absolute Gasteiger partial charge is 0.407 e. The Bertz CT molecular complexity index is 1810. The number of rotatable bonds is 7. The van der Waals surface area contributed by atoms with Gasteiger partial charge in [0.05, 0.1) is 18.4 Å². The zero-order valence-electron chi connectivity index (χ0n) is 28.8. The second kappa shape index (κ2) is 14.4. The van der Waals surface area contributed by atoms with E-state index in [0.717, 1.165) is 67.7 Å². The predicted octanol–water partition coefficient (Wildman–Crippen LogP) is 3.65. The number of benzene rings is 1. The molecule has 2 aliphatic heterocycles. The SMILES string of the molecule is C=C[C@@H]1CC1(NC(=O)[C@@H]1C[C@@H]2CN1C(=O)[C@H](C1CCCC1)NC(=O)OCCCCCCc1ccc3ccnc(c3c1)O2)C(=O)NS(=O)(=O)C1CC1. The van der Waals surface area contributed by atoms with Crippen LogP contribution in [0.15, 0.2) is 43.1 Å². The molecule has 5 aliphatic rings. The molecule has 3 saturated carbocycles. The minimum absolute atomic E-state index is 0.0365. The highest BCUT2D eigenvalue weighted by atomic mass is 32.2. The number of carbonyl (C=O) groups is 4. The number of amides is 4. The second-order valence-electron chi connectivity index (χ2n) is 14.8. The van der Waals surface area contributed by atoms with Crippen LogP contribution in [0.5, 0.6) is 5.88 Å². The fourth-order valence-corrected chi connectivity index (χ4v) is 9.32. The summed E-state index contributed by atoms with van der Waals surface area (Å²) < 4.78 is 39.6. The van der Waals surface area contributed by atoms with Gasteiger partial charge in [-0.25, -0.2) is 18.2 Å². The maximum atomic E-state index is 14.6. The van der Waals surface area contributed by atoms with E-state index in [2.05, 4.69) is 39.1 Å². The number of pyridine rings is 1. The van der Waals surface area contributed by atoms with E-state index < -0.39 is 68.7 Å². The number of alkyl carbamates (subject to hydrolysis) is 1. The fourth-order valence-electron chi connectivity index (χ4n) is 7.96. The van der Waals surface area contributed by atoms with Crippen LogP contribution >= 0.6 is 0 Å². The number of nitrogens with one attached hydrogen (secondary N) is 3. The average Bonchev–Trinajstić information content (AvgIpc) is 3.99. The van der Waals surface area contributed by atoms with Crippen LogP contribution in [-0.4, -0.2) is 84.2 Å². The van der Waals surface area contributed by atoms with Crippen molar-refractivity contribution in [2.75, 3.05) is 13.2 Å². The quantitative estimate of drug-likeness (QED) is 0.361. The predicted molar refractivity (Wildman–Crippen MR) is 188 cm³/mol. The molecule has 1 aromatic heterocycles. The summed E-state index contributed by atoms with van der Waals surface area (Å²) >= 11 is 0. The van der Waals surface area contributed by atoms with Crippen LogP contribution < -0.4 is 20.1 Å². The Morgan fingerprint density at radius 2 is 1.82 bits per heavy atom. The molecule has 51 heavy (non-hydrogen) atoms. The summed E-state index contributed by atoms with van der Waals surface area (Å²) in [5.74, 6) is -2.08. The number of sulfonamides is 1. The number of aryl methyl sites for hydroxylation is 1. The van der Waals surface area contributed by atoms with Crippen LogP contribution in [0.4, 0.5) is 4.79 Å². The molecule has 14 heteroatoms. The second-order valence-corrected chi connectivity index (χ2v) is 16.8. The van der Waals surface area contributed by atoms with E-state index in [9.17, 15) is 27.6 Å². The molecule has 5 atom stereocenters. The van der Waals surface area contributed by atoms with Gasteiger partial charge in [0, 0.05) is 23.9 Å². The standard InChI is InChI=1S/C37H47N5O8S/c1-2-26-21-37(26,35(45)41-51(47,48)28-14-15-28)40-32(43)30-20-27-22-42(30)34(44)31(25-10-6-7-11-25)39-36(46)49-18-8-4-3-5-9-23-12-13-24-16-17-38-33(50-27)29(24)19-23/h2,12-13,16-17,19,25-28,30-31H,1,3-11,14-15,18,20-22H2,(H,39,46)(H,40,43)(H,41,45)/t26-,27-,30+,31+,37?/m1/s1. The van der Waals surface area contributed by atoms with Crippen molar-refractivity contribution >= 4 is 44.6 Å². The lowest BCUT2D eigenvalue weighted by Crippen LogP contribution is -2.59. The lowest BCUT2D eigenvalue weighted by atomic mass is 9.96. The molecule has 274 valence electrons. The Balaban J connectivity index is 1.20. The molecule has 4 amide bonds.